The first-order valence-corrected chi connectivity index (χ1v) is 43.6. The summed E-state index contributed by atoms with van der Waals surface area (Å²) in [6, 6.07) is 45.8. The van der Waals surface area contributed by atoms with E-state index in [9.17, 15) is 65.4 Å². The highest BCUT2D eigenvalue weighted by atomic mass is 32.2. The molecule has 17 heterocycles. The van der Waals surface area contributed by atoms with E-state index in [1.807, 2.05) is 72.8 Å². The minimum Gasteiger partial charge on any atom is -0.478 e. The van der Waals surface area contributed by atoms with E-state index in [0.717, 1.165) is 4.90 Å². The third-order valence-electron chi connectivity index (χ3n) is 21.0. The lowest BCUT2D eigenvalue weighted by Crippen LogP contribution is -2.71. The first kappa shape index (κ1) is 77.1. The SMILES string of the molecule is O=C(CNC(=O)c1cc2nc(c1)-c1cc(C(=O)O)cc(n1)CN1Cc3cccc(n3)-c3cccc(n3)CN(Cc3cccc(n3)-c3cccc(n3)C1)C2)NC1C(=O)N2C(C(=O)O)=C(CSc3ccc4c(c3)C3=NC4=Nc4c5cc(S(=O)(=O)O)ccc5c5[n]4[Al][n]4c(c6ccc(SOOO)cc6c4=NC4=NC(=N5)c5cc(S(=O)(=O)O)ccc54)=N3)CSC12. The number of fused-ring (bicyclic) bond motifs is 15. The molecule has 0 aliphatic carbocycles. The van der Waals surface area contributed by atoms with Crippen LogP contribution in [0.5, 0.6) is 0 Å². The minimum atomic E-state index is -4.84. The van der Waals surface area contributed by atoms with Gasteiger partial charge in [0.25, 0.3) is 32.1 Å². The number of carboxylic acid groups (broad SMARTS) is 2. The second kappa shape index (κ2) is 30.3. The zero-order valence-electron chi connectivity index (χ0n) is 62.1. The molecule has 41 heteroatoms. The molecule has 21 rings (SSSR count). The van der Waals surface area contributed by atoms with Crippen LogP contribution in [0, 0.1) is 0 Å². The van der Waals surface area contributed by atoms with Crippen LogP contribution in [0.1, 0.15) is 77.1 Å². The number of nitrogens with one attached hydrogen (secondary N) is 2. The standard InChI is InChI=1S/C80H57N19O16S5.Al/c100-65(29-81-76(101)38-21-45-34-97-30-41-5-1-9-59(82-41)61-11-3-7-43(84-61)32-98(35-46-22-39(79(103)104)24-64(87-46)63(23-38)86-45)33-44-8-4-12-62(85-44)60-10-2-6-42(31-97)83-60)88-66-77(102)99-67(80(105)106)40(37-117-78(66)99)36-116-47-13-17-51-55(25-47)72-89-68(51)93-74-58-28-50(120(111,112)113)16-20-54(58)71(95-74)96-75-57-27-49(119(108,109)110)15-19-53(57)70(94-75)92-73-56-26-48(118-115-114-107)14-18-52(56)69(90-72)91-73;/h1-28,66,78H,29-37H2,(H9,81,82,83,84,85,86,87,88,89,90,91,92,93,94,95,96,100,101,103,104,105,106,107,108,109,110,111,112,113);/q;+2/p-2. The summed E-state index contributed by atoms with van der Waals surface area (Å²) in [5.41, 5.74) is 8.48. The Morgan fingerprint density at radius 1 is 0.504 bits per heavy atom. The highest BCUT2D eigenvalue weighted by Gasteiger charge is 2.54. The molecule has 7 N–H and O–H groups in total. The number of pyridine rings is 6. The van der Waals surface area contributed by atoms with Crippen LogP contribution in [0.4, 0.5) is 11.6 Å². The number of hydrogen-bond acceptors (Lipinski definition) is 29. The summed E-state index contributed by atoms with van der Waals surface area (Å²) in [6.45, 7) is 0.662. The van der Waals surface area contributed by atoms with Crippen LogP contribution in [0.15, 0.2) is 231 Å². The van der Waals surface area contributed by atoms with Gasteiger partial charge >= 0.3 is 27.6 Å². The van der Waals surface area contributed by atoms with Gasteiger partial charge in [-0.3, -0.25) is 38.2 Å². The monoisotopic (exact) mass is 1720 g/mol. The Morgan fingerprint density at radius 3 is 1.60 bits per heavy atom. The summed E-state index contributed by atoms with van der Waals surface area (Å²) in [4.78, 5) is 136. The maximum Gasteiger partial charge on any atom is 0.568 e. The van der Waals surface area contributed by atoms with E-state index < -0.39 is 93.3 Å². The van der Waals surface area contributed by atoms with Crippen molar-refractivity contribution in [3.63, 3.8) is 0 Å². The molecule has 1 radical (unpaired) electrons. The lowest BCUT2D eigenvalue weighted by atomic mass is 10.0. The molecule has 121 heavy (non-hydrogen) atoms. The summed E-state index contributed by atoms with van der Waals surface area (Å²) in [6.07, 6.45) is 0. The molecular formula is C80H55AlN19O16S5. The van der Waals surface area contributed by atoms with Crippen molar-refractivity contribution in [2.24, 2.45) is 30.0 Å². The van der Waals surface area contributed by atoms with Gasteiger partial charge in [-0.1, -0.05) is 29.3 Å². The topological polar surface area (TPSA) is 468 Å². The molecule has 1 saturated heterocycles. The number of carboxylic acids is 2. The maximum atomic E-state index is 14.7. The van der Waals surface area contributed by atoms with E-state index in [4.69, 9.17) is 64.2 Å². The number of amidine groups is 4. The molecule has 0 saturated carbocycles. The number of amides is 3. The van der Waals surface area contributed by atoms with Crippen molar-refractivity contribution < 1.29 is 74.8 Å². The number of aliphatic carboxylic acids is 1. The zero-order chi connectivity index (χ0) is 83.0. The molecule has 2 atom stereocenters. The first-order chi connectivity index (χ1) is 58.4. The molecule has 9 aliphatic heterocycles. The highest BCUT2D eigenvalue weighted by molar-refractivity contribution is 8.01. The molecule has 9 aliphatic rings. The van der Waals surface area contributed by atoms with Crippen LogP contribution >= 0.6 is 35.6 Å². The van der Waals surface area contributed by atoms with Crippen molar-refractivity contribution in [1.29, 1.82) is 0 Å². The number of thioether (sulfide) groups is 2. The van der Waals surface area contributed by atoms with Gasteiger partial charge in [0.2, 0.25) is 5.91 Å². The molecule has 12 aromatic rings. The van der Waals surface area contributed by atoms with Crippen LogP contribution in [-0.2, 0) is 83.3 Å². The van der Waals surface area contributed by atoms with Crippen LogP contribution in [0.2, 0.25) is 0 Å². The quantitative estimate of drug-likeness (QED) is 0.0104. The number of carbonyl (C=O) groups excluding carboxylic acids is 3. The third kappa shape index (κ3) is 14.6. The third-order valence-corrected chi connectivity index (χ3v) is 27.2. The molecule has 599 valence electrons. The molecule has 35 nitrogen and oxygen atoms in total. The van der Waals surface area contributed by atoms with Crippen molar-refractivity contribution in [1.82, 2.24) is 62.3 Å². The number of β-lactam (4-membered cyclic amide) rings is 1. The fourth-order valence-corrected chi connectivity index (χ4v) is 21.0. The molecule has 20 bridgehead atoms. The largest absolute Gasteiger partial charge is 0.568 e. The first-order valence-electron chi connectivity index (χ1n) is 37.0. The number of aromatic nitrogens is 8. The van der Waals surface area contributed by atoms with E-state index in [0.29, 0.717) is 123 Å². The number of benzene rings is 4. The van der Waals surface area contributed by atoms with Gasteiger partial charge in [0.05, 0.1) is 102 Å². The van der Waals surface area contributed by atoms with Crippen LogP contribution in [0.25, 0.3) is 55.7 Å². The normalized spacial score (nSPS) is 17.8. The Morgan fingerprint density at radius 2 is 1.01 bits per heavy atom. The zero-order valence-corrected chi connectivity index (χ0v) is 67.4. The fraction of sp³-hybridized carbons (Fsp3) is 0.138. The predicted octanol–water partition coefficient (Wildman–Crippen LogP) is 7.75. The molecular weight excluding hydrogens is 1670 g/mol. The van der Waals surface area contributed by atoms with Crippen molar-refractivity contribution in [3.8, 4) is 34.2 Å². The Balaban J connectivity index is 0.587. The predicted molar refractivity (Wildman–Crippen MR) is 439 cm³/mol. The smallest absolute Gasteiger partial charge is 0.478 e. The van der Waals surface area contributed by atoms with Gasteiger partial charge in [0.1, 0.15) is 39.7 Å². The molecule has 4 aromatic carbocycles. The molecule has 8 aromatic heterocycles. The van der Waals surface area contributed by atoms with Gasteiger partial charge in [-0.15, -0.1) is 27.9 Å². The van der Waals surface area contributed by atoms with Crippen molar-refractivity contribution >= 4 is 158 Å². The van der Waals surface area contributed by atoms with Crippen LogP contribution in [0.3, 0.4) is 0 Å². The Hall–Kier alpha value is -12.6. The lowest BCUT2D eigenvalue weighted by molar-refractivity contribution is -0.432. The van der Waals surface area contributed by atoms with Gasteiger partial charge in [-0.05, 0) is 151 Å². The summed E-state index contributed by atoms with van der Waals surface area (Å²) in [5, 5.41) is 40.8. The van der Waals surface area contributed by atoms with Gasteiger partial charge in [0, 0.05) is 110 Å². The number of aliphatic imine (C=N–C) groups is 4. The number of rotatable bonds is 14. The summed E-state index contributed by atoms with van der Waals surface area (Å²) in [5.74, 6) is -3.98. The Kier molecular flexibility index (Phi) is 19.3. The van der Waals surface area contributed by atoms with E-state index >= 15 is 0 Å². The van der Waals surface area contributed by atoms with Crippen molar-refractivity contribution in [2.45, 2.75) is 70.3 Å². The second-order valence-electron chi connectivity index (χ2n) is 28.9. The van der Waals surface area contributed by atoms with Gasteiger partial charge in [-0.2, -0.15) is 16.8 Å². The van der Waals surface area contributed by atoms with E-state index in [2.05, 4.69) is 25.5 Å². The summed E-state index contributed by atoms with van der Waals surface area (Å²) >= 11 is 1.81. The Bertz CT molecular complexity index is 7130. The minimum absolute atomic E-state index is 0.0258. The van der Waals surface area contributed by atoms with Gasteiger partial charge < -0.3 is 27.9 Å². The van der Waals surface area contributed by atoms with Crippen molar-refractivity contribution in [3.05, 3.63) is 260 Å². The summed E-state index contributed by atoms with van der Waals surface area (Å²) < 4.78 is 80.2. The molecule has 3 amide bonds. The van der Waals surface area contributed by atoms with E-state index in [1.54, 1.807) is 49.6 Å². The molecule has 0 spiro atoms. The lowest BCUT2D eigenvalue weighted by Gasteiger charge is -2.49. The number of aromatic carboxylic acids is 1. The van der Waals surface area contributed by atoms with Gasteiger partial charge in [0.15, 0.2) is 23.3 Å². The number of hydrogen-bond donors (Lipinski definition) is 7. The highest BCUT2D eigenvalue weighted by Crippen LogP contribution is 2.45. The number of nitrogens with zero attached hydrogens (tertiary/aromatic N) is 17. The Labute approximate surface area is 702 Å². The average molecular weight is 1730 g/mol. The van der Waals surface area contributed by atoms with Crippen LogP contribution < -0.4 is 21.6 Å². The summed E-state index contributed by atoms with van der Waals surface area (Å²) in [7, 11) is -9.59. The maximum absolute atomic E-state index is 14.7. The van der Waals surface area contributed by atoms with E-state index in [1.165, 1.54) is 78.1 Å². The average Bonchev–Trinajstić information content (AvgIpc) is 1.52. The fourth-order valence-electron chi connectivity index (χ4n) is 15.7. The van der Waals surface area contributed by atoms with Crippen LogP contribution in [-0.4, -0.2) is 191 Å². The second-order valence-corrected chi connectivity index (χ2v) is 36.0. The van der Waals surface area contributed by atoms with Crippen molar-refractivity contribution in [2.75, 3.05) is 18.1 Å². The van der Waals surface area contributed by atoms with E-state index in [-0.39, 0.29) is 130 Å². The molecule has 2 unspecified atom stereocenters. The number of carbonyl (C=O) groups is 5. The van der Waals surface area contributed by atoms with Gasteiger partial charge in [-0.25, -0.2) is 74.7 Å². The molecule has 1 fully saturated rings.